The van der Waals surface area contributed by atoms with Gasteiger partial charge in [0.05, 0.1) is 22.0 Å². The van der Waals surface area contributed by atoms with E-state index in [-0.39, 0.29) is 43.8 Å². The number of hydrogen-bond acceptors (Lipinski definition) is 4. The molecule has 0 saturated heterocycles. The van der Waals surface area contributed by atoms with E-state index in [9.17, 15) is 22.4 Å². The van der Waals surface area contributed by atoms with E-state index in [1.165, 1.54) is 29.2 Å². The largest absolute Gasteiger partial charge is 0.352 e. The van der Waals surface area contributed by atoms with Gasteiger partial charge in [0.15, 0.2) is 0 Å². The first-order valence-corrected chi connectivity index (χ1v) is 13.7. The average Bonchev–Trinajstić information content (AvgIpc) is 2.76. The van der Waals surface area contributed by atoms with Crippen molar-refractivity contribution >= 4 is 50.7 Å². The highest BCUT2D eigenvalue weighted by Crippen LogP contribution is 2.24. The highest BCUT2D eigenvalue weighted by molar-refractivity contribution is 7.92. The molecule has 0 aromatic heterocycles. The Bertz CT molecular complexity index is 1140. The predicted molar refractivity (Wildman–Crippen MR) is 138 cm³/mol. The van der Waals surface area contributed by atoms with Crippen molar-refractivity contribution in [3.8, 4) is 0 Å². The fourth-order valence-corrected chi connectivity index (χ4v) is 4.72. The maximum atomic E-state index is 13.3. The standard InChI is InChI=1S/C24H30Cl2FN3O4S/c1-16(2)28-24(32)17(3)29(15-18-7-12-21(25)22(26)14-18)23(31)6-5-13-30(35(4,33)34)20-10-8-19(27)9-11-20/h7-12,14,16-17H,5-6,13,15H2,1-4H3,(H,28,32). The molecule has 1 atom stereocenters. The Morgan fingerprint density at radius 2 is 1.66 bits per heavy atom. The number of nitrogens with one attached hydrogen (secondary N) is 1. The first-order chi connectivity index (χ1) is 16.3. The number of rotatable bonds is 11. The summed E-state index contributed by atoms with van der Waals surface area (Å²) in [5, 5.41) is 3.51. The first kappa shape index (κ1) is 28.9. The van der Waals surface area contributed by atoms with Crippen LogP contribution in [0.15, 0.2) is 42.5 Å². The Labute approximate surface area is 216 Å². The molecular formula is C24H30Cl2FN3O4S. The van der Waals surface area contributed by atoms with Gasteiger partial charge in [-0.1, -0.05) is 29.3 Å². The van der Waals surface area contributed by atoms with Gasteiger partial charge in [-0.3, -0.25) is 13.9 Å². The minimum atomic E-state index is -3.65. The maximum Gasteiger partial charge on any atom is 0.242 e. The third-order valence-corrected chi connectivity index (χ3v) is 7.14. The molecule has 2 rings (SSSR count). The molecule has 2 aromatic rings. The van der Waals surface area contributed by atoms with Crippen LogP contribution in [0.25, 0.3) is 0 Å². The molecule has 0 spiro atoms. The van der Waals surface area contributed by atoms with Crippen LogP contribution in [-0.2, 0) is 26.2 Å². The van der Waals surface area contributed by atoms with Crippen LogP contribution in [0.1, 0.15) is 39.2 Å². The van der Waals surface area contributed by atoms with E-state index in [1.54, 1.807) is 25.1 Å². The van der Waals surface area contributed by atoms with E-state index in [0.717, 1.165) is 10.6 Å². The van der Waals surface area contributed by atoms with Crippen molar-refractivity contribution in [1.29, 1.82) is 0 Å². The quantitative estimate of drug-likeness (QED) is 0.446. The van der Waals surface area contributed by atoms with Gasteiger partial charge in [0.2, 0.25) is 21.8 Å². The fraction of sp³-hybridized carbons (Fsp3) is 0.417. The molecule has 0 fully saturated rings. The minimum Gasteiger partial charge on any atom is -0.352 e. The summed E-state index contributed by atoms with van der Waals surface area (Å²) in [7, 11) is -3.65. The summed E-state index contributed by atoms with van der Waals surface area (Å²) in [4.78, 5) is 27.3. The molecule has 0 saturated carbocycles. The molecule has 2 amide bonds. The fourth-order valence-electron chi connectivity index (χ4n) is 3.43. The van der Waals surface area contributed by atoms with Crippen molar-refractivity contribution in [1.82, 2.24) is 10.2 Å². The third kappa shape index (κ3) is 8.66. The molecule has 1 unspecified atom stereocenters. The molecule has 0 radical (unpaired) electrons. The molecule has 7 nitrogen and oxygen atoms in total. The van der Waals surface area contributed by atoms with Crippen molar-refractivity contribution < 1.29 is 22.4 Å². The lowest BCUT2D eigenvalue weighted by molar-refractivity contribution is -0.140. The number of nitrogens with zero attached hydrogens (tertiary/aromatic N) is 2. The van der Waals surface area contributed by atoms with Crippen molar-refractivity contribution in [3.63, 3.8) is 0 Å². The van der Waals surface area contributed by atoms with Gasteiger partial charge < -0.3 is 10.2 Å². The summed E-state index contributed by atoms with van der Waals surface area (Å²) in [6.45, 7) is 5.42. The van der Waals surface area contributed by atoms with Crippen LogP contribution < -0.4 is 9.62 Å². The topological polar surface area (TPSA) is 86.8 Å². The summed E-state index contributed by atoms with van der Waals surface area (Å²) in [5.41, 5.74) is 1.000. The second-order valence-corrected chi connectivity index (χ2v) is 11.2. The lowest BCUT2D eigenvalue weighted by atomic mass is 10.1. The van der Waals surface area contributed by atoms with Gasteiger partial charge >= 0.3 is 0 Å². The maximum absolute atomic E-state index is 13.3. The summed E-state index contributed by atoms with van der Waals surface area (Å²) < 4.78 is 39.0. The van der Waals surface area contributed by atoms with Gasteiger partial charge in [0, 0.05) is 25.6 Å². The van der Waals surface area contributed by atoms with Crippen LogP contribution in [0.3, 0.4) is 0 Å². The van der Waals surface area contributed by atoms with Crippen molar-refractivity contribution in [2.75, 3.05) is 17.1 Å². The Balaban J connectivity index is 2.18. The van der Waals surface area contributed by atoms with Crippen LogP contribution >= 0.6 is 23.2 Å². The second-order valence-electron chi connectivity index (χ2n) is 8.52. The highest BCUT2D eigenvalue weighted by atomic mass is 35.5. The van der Waals surface area contributed by atoms with E-state index < -0.39 is 21.9 Å². The average molecular weight is 546 g/mol. The number of carbonyl (C=O) groups is 2. The number of hydrogen-bond donors (Lipinski definition) is 1. The van der Waals surface area contributed by atoms with E-state index in [0.29, 0.717) is 21.3 Å². The zero-order chi connectivity index (χ0) is 26.3. The van der Waals surface area contributed by atoms with Crippen LogP contribution in [0, 0.1) is 5.82 Å². The molecule has 1 N–H and O–H groups in total. The number of sulfonamides is 1. The SMILES string of the molecule is CC(C)NC(=O)C(C)N(Cc1ccc(Cl)c(Cl)c1)C(=O)CCCN(c1ccc(F)cc1)S(C)(=O)=O. The van der Waals surface area contributed by atoms with Gasteiger partial charge in [0.1, 0.15) is 11.9 Å². The van der Waals surface area contributed by atoms with E-state index in [4.69, 9.17) is 23.2 Å². The van der Waals surface area contributed by atoms with E-state index in [1.807, 2.05) is 13.8 Å². The Kier molecular flexibility index (Phi) is 10.4. The third-order valence-electron chi connectivity index (χ3n) is 5.20. The smallest absolute Gasteiger partial charge is 0.242 e. The zero-order valence-corrected chi connectivity index (χ0v) is 22.4. The van der Waals surface area contributed by atoms with E-state index in [2.05, 4.69) is 5.32 Å². The monoisotopic (exact) mass is 545 g/mol. The molecule has 11 heteroatoms. The molecule has 0 aliphatic heterocycles. The van der Waals surface area contributed by atoms with Crippen LogP contribution in [0.2, 0.25) is 10.0 Å². The predicted octanol–water partition coefficient (Wildman–Crippen LogP) is 4.62. The number of benzene rings is 2. The Morgan fingerprint density at radius 3 is 2.20 bits per heavy atom. The number of halogens is 3. The Hall–Kier alpha value is -2.36. The normalized spacial score (nSPS) is 12.3. The molecule has 35 heavy (non-hydrogen) atoms. The van der Waals surface area contributed by atoms with E-state index >= 15 is 0 Å². The molecule has 0 heterocycles. The van der Waals surface area contributed by atoms with Crippen LogP contribution in [0.4, 0.5) is 10.1 Å². The molecular weight excluding hydrogens is 516 g/mol. The lowest BCUT2D eigenvalue weighted by Gasteiger charge is -2.30. The van der Waals surface area contributed by atoms with Gasteiger partial charge in [-0.25, -0.2) is 12.8 Å². The lowest BCUT2D eigenvalue weighted by Crippen LogP contribution is -2.49. The van der Waals surface area contributed by atoms with Gasteiger partial charge in [-0.2, -0.15) is 0 Å². The summed E-state index contributed by atoms with van der Waals surface area (Å²) in [5.74, 6) is -1.11. The molecule has 2 aromatic carbocycles. The number of carbonyl (C=O) groups excluding carboxylic acids is 2. The van der Waals surface area contributed by atoms with Crippen molar-refractivity contribution in [2.24, 2.45) is 0 Å². The van der Waals surface area contributed by atoms with Gasteiger partial charge in [0.25, 0.3) is 0 Å². The second kappa shape index (κ2) is 12.6. The zero-order valence-electron chi connectivity index (χ0n) is 20.1. The highest BCUT2D eigenvalue weighted by Gasteiger charge is 2.27. The first-order valence-electron chi connectivity index (χ1n) is 11.1. The number of anilines is 1. The van der Waals surface area contributed by atoms with Gasteiger partial charge in [-0.05, 0) is 69.2 Å². The summed E-state index contributed by atoms with van der Waals surface area (Å²) in [6.07, 6.45) is 1.24. The summed E-state index contributed by atoms with van der Waals surface area (Å²) in [6, 6.07) is 9.18. The molecule has 192 valence electrons. The number of amides is 2. The minimum absolute atomic E-state index is 0.00612. The summed E-state index contributed by atoms with van der Waals surface area (Å²) >= 11 is 12.1. The van der Waals surface area contributed by atoms with Crippen molar-refractivity contribution in [3.05, 3.63) is 63.9 Å². The van der Waals surface area contributed by atoms with Crippen molar-refractivity contribution in [2.45, 2.75) is 52.2 Å². The molecule has 0 aliphatic rings. The van der Waals surface area contributed by atoms with Crippen LogP contribution in [-0.4, -0.2) is 50.0 Å². The molecule has 0 aliphatic carbocycles. The van der Waals surface area contributed by atoms with Crippen LogP contribution in [0.5, 0.6) is 0 Å². The molecule has 0 bridgehead atoms. The van der Waals surface area contributed by atoms with Gasteiger partial charge in [-0.15, -0.1) is 0 Å². The Morgan fingerprint density at radius 1 is 1.03 bits per heavy atom.